The van der Waals surface area contributed by atoms with E-state index in [0.717, 1.165) is 54.6 Å². The molecule has 3 nitrogen and oxygen atoms in total. The molecule has 1 saturated carbocycles. The maximum atomic E-state index is 10.1. The normalized spacial score (nSPS) is 18.6. The number of allylic oxidation sites excluding steroid dienone is 2. The first-order valence-electron chi connectivity index (χ1n) is 9.48. The Labute approximate surface area is 160 Å². The van der Waals surface area contributed by atoms with Crippen molar-refractivity contribution in [3.05, 3.63) is 82.9 Å². The zero-order valence-corrected chi connectivity index (χ0v) is 15.2. The second kappa shape index (κ2) is 7.14. The van der Waals surface area contributed by atoms with Crippen molar-refractivity contribution < 1.29 is 0 Å². The molecule has 1 N–H and O–H groups in total. The molecule has 2 aromatic carbocycles. The molecule has 0 aromatic heterocycles. The summed E-state index contributed by atoms with van der Waals surface area (Å²) in [6, 6.07) is 24.9. The van der Waals surface area contributed by atoms with Crippen LogP contribution in [0.1, 0.15) is 43.2 Å². The maximum Gasteiger partial charge on any atom is 0.0979 e. The van der Waals surface area contributed by atoms with Gasteiger partial charge in [0.2, 0.25) is 0 Å². The van der Waals surface area contributed by atoms with E-state index in [1.807, 2.05) is 60.7 Å². The van der Waals surface area contributed by atoms with Gasteiger partial charge >= 0.3 is 0 Å². The van der Waals surface area contributed by atoms with E-state index in [2.05, 4.69) is 17.5 Å². The summed E-state index contributed by atoms with van der Waals surface area (Å²) in [6.45, 7) is 0. The molecular formula is C24H21N3. The summed E-state index contributed by atoms with van der Waals surface area (Å²) in [6.07, 6.45) is 4.95. The highest BCUT2D eigenvalue weighted by Crippen LogP contribution is 2.53. The van der Waals surface area contributed by atoms with Crippen LogP contribution in [0.15, 0.2) is 71.8 Å². The minimum atomic E-state index is -0.483. The molecule has 132 valence electrons. The van der Waals surface area contributed by atoms with E-state index in [1.54, 1.807) is 0 Å². The van der Waals surface area contributed by atoms with Gasteiger partial charge in [-0.15, -0.1) is 0 Å². The quantitative estimate of drug-likeness (QED) is 0.787. The predicted octanol–water partition coefficient (Wildman–Crippen LogP) is 5.41. The molecule has 0 unspecified atom stereocenters. The molecule has 3 heteroatoms. The number of nitrogens with zero attached hydrogens (tertiary/aromatic N) is 2. The van der Waals surface area contributed by atoms with Gasteiger partial charge in [-0.1, -0.05) is 79.9 Å². The lowest BCUT2D eigenvalue weighted by Gasteiger charge is -2.42. The van der Waals surface area contributed by atoms with E-state index in [-0.39, 0.29) is 0 Å². The Morgan fingerprint density at radius 2 is 1.11 bits per heavy atom. The van der Waals surface area contributed by atoms with Crippen LogP contribution in [0.2, 0.25) is 0 Å². The summed E-state index contributed by atoms with van der Waals surface area (Å²) in [5, 5.41) is 23.7. The van der Waals surface area contributed by atoms with Gasteiger partial charge in [0, 0.05) is 5.41 Å². The molecule has 1 spiro atoms. The van der Waals surface area contributed by atoms with Crippen LogP contribution < -0.4 is 5.32 Å². The molecular weight excluding hydrogens is 330 g/mol. The van der Waals surface area contributed by atoms with Crippen molar-refractivity contribution in [3.8, 4) is 12.1 Å². The van der Waals surface area contributed by atoms with E-state index in [4.69, 9.17) is 0 Å². The smallest absolute Gasteiger partial charge is 0.0979 e. The zero-order valence-electron chi connectivity index (χ0n) is 15.2. The Morgan fingerprint density at radius 3 is 1.52 bits per heavy atom. The monoisotopic (exact) mass is 351 g/mol. The van der Waals surface area contributed by atoms with Crippen molar-refractivity contribution in [2.75, 3.05) is 0 Å². The fourth-order valence-corrected chi connectivity index (χ4v) is 4.48. The Bertz CT molecular complexity index is 904. The predicted molar refractivity (Wildman–Crippen MR) is 107 cm³/mol. The first-order chi connectivity index (χ1) is 13.3. The second-order valence-electron chi connectivity index (χ2n) is 7.22. The molecule has 1 aliphatic carbocycles. The van der Waals surface area contributed by atoms with Crippen LogP contribution in [0.25, 0.3) is 11.4 Å². The summed E-state index contributed by atoms with van der Waals surface area (Å²) < 4.78 is 0. The third kappa shape index (κ3) is 2.82. The lowest BCUT2D eigenvalue weighted by atomic mass is 9.62. The molecule has 0 saturated heterocycles. The van der Waals surface area contributed by atoms with Gasteiger partial charge in [-0.3, -0.25) is 0 Å². The lowest BCUT2D eigenvalue weighted by molar-refractivity contribution is 0.301. The van der Waals surface area contributed by atoms with Gasteiger partial charge in [-0.05, 0) is 24.0 Å². The van der Waals surface area contributed by atoms with Gasteiger partial charge in [0.15, 0.2) is 0 Å². The molecule has 2 aromatic rings. The van der Waals surface area contributed by atoms with Crippen LogP contribution in [-0.2, 0) is 0 Å². The van der Waals surface area contributed by atoms with Crippen molar-refractivity contribution in [1.29, 1.82) is 10.5 Å². The summed E-state index contributed by atoms with van der Waals surface area (Å²) in [5.74, 6) is 0. The first-order valence-corrected chi connectivity index (χ1v) is 9.48. The molecule has 0 atom stereocenters. The second-order valence-corrected chi connectivity index (χ2v) is 7.22. The number of dihydropyridines is 1. The van der Waals surface area contributed by atoms with Gasteiger partial charge in [0.1, 0.15) is 0 Å². The van der Waals surface area contributed by atoms with E-state index in [1.165, 1.54) is 0 Å². The highest BCUT2D eigenvalue weighted by Gasteiger charge is 2.46. The number of hydrogen-bond acceptors (Lipinski definition) is 3. The van der Waals surface area contributed by atoms with Crippen molar-refractivity contribution in [2.24, 2.45) is 5.41 Å². The largest absolute Gasteiger partial charge is 0.353 e. The SMILES string of the molecule is N#CC1=C(c2ccccc2)NC(c2ccccc2)=C(C#N)C12CCCCC2. The van der Waals surface area contributed by atoms with Crippen molar-refractivity contribution in [2.45, 2.75) is 32.1 Å². The minimum absolute atomic E-state index is 0.483. The van der Waals surface area contributed by atoms with Gasteiger partial charge in [0.05, 0.1) is 34.7 Å². The third-order valence-corrected chi connectivity index (χ3v) is 5.76. The van der Waals surface area contributed by atoms with Crippen LogP contribution in [0.3, 0.4) is 0 Å². The summed E-state index contributed by atoms with van der Waals surface area (Å²) in [5.41, 5.74) is 4.61. The number of rotatable bonds is 2. The average Bonchev–Trinajstić information content (AvgIpc) is 2.75. The van der Waals surface area contributed by atoms with Crippen LogP contribution in [-0.4, -0.2) is 0 Å². The molecule has 0 radical (unpaired) electrons. The van der Waals surface area contributed by atoms with Crippen molar-refractivity contribution in [3.63, 3.8) is 0 Å². The standard InChI is InChI=1S/C24H21N3/c25-16-20-22(18-10-4-1-5-11-18)27-23(19-12-6-2-7-13-19)21(17-26)24(20)14-8-3-9-15-24/h1-2,4-7,10-13,27H,3,8-9,14-15H2. The molecule has 1 heterocycles. The molecule has 2 aliphatic rings. The Hall–Kier alpha value is -3.30. The molecule has 0 bridgehead atoms. The molecule has 0 amide bonds. The maximum absolute atomic E-state index is 10.1. The highest BCUT2D eigenvalue weighted by molar-refractivity contribution is 5.88. The highest BCUT2D eigenvalue weighted by atomic mass is 14.9. The average molecular weight is 351 g/mol. The summed E-state index contributed by atoms with van der Waals surface area (Å²) in [4.78, 5) is 0. The first kappa shape index (κ1) is 17.1. The zero-order chi connectivity index (χ0) is 18.7. The number of hydrogen-bond donors (Lipinski definition) is 1. The molecule has 1 aliphatic heterocycles. The molecule has 1 fully saturated rings. The van der Waals surface area contributed by atoms with Gasteiger partial charge in [0.25, 0.3) is 0 Å². The third-order valence-electron chi connectivity index (χ3n) is 5.76. The number of nitrogens with one attached hydrogen (secondary N) is 1. The minimum Gasteiger partial charge on any atom is -0.353 e. The molecule has 4 rings (SSSR count). The van der Waals surface area contributed by atoms with Crippen molar-refractivity contribution in [1.82, 2.24) is 5.32 Å². The van der Waals surface area contributed by atoms with E-state index >= 15 is 0 Å². The van der Waals surface area contributed by atoms with Crippen molar-refractivity contribution >= 4 is 11.4 Å². The van der Waals surface area contributed by atoms with Gasteiger partial charge in [-0.25, -0.2) is 0 Å². The Kier molecular flexibility index (Phi) is 4.53. The topological polar surface area (TPSA) is 59.6 Å². The van der Waals surface area contributed by atoms with Crippen LogP contribution >= 0.6 is 0 Å². The fourth-order valence-electron chi connectivity index (χ4n) is 4.48. The summed E-state index contributed by atoms with van der Waals surface area (Å²) in [7, 11) is 0. The molecule has 27 heavy (non-hydrogen) atoms. The van der Waals surface area contributed by atoms with Gasteiger partial charge in [-0.2, -0.15) is 10.5 Å². The Morgan fingerprint density at radius 1 is 0.667 bits per heavy atom. The Balaban J connectivity index is 1.99. The van der Waals surface area contributed by atoms with E-state index in [0.29, 0.717) is 11.1 Å². The van der Waals surface area contributed by atoms with E-state index in [9.17, 15) is 10.5 Å². The fraction of sp³-hybridized carbons (Fsp3) is 0.250. The van der Waals surface area contributed by atoms with Gasteiger partial charge < -0.3 is 5.32 Å². The number of benzene rings is 2. The van der Waals surface area contributed by atoms with Crippen LogP contribution in [0.5, 0.6) is 0 Å². The lowest BCUT2D eigenvalue weighted by Crippen LogP contribution is -2.36. The van der Waals surface area contributed by atoms with E-state index < -0.39 is 5.41 Å². The number of nitriles is 2. The summed E-state index contributed by atoms with van der Waals surface area (Å²) >= 11 is 0. The van der Waals surface area contributed by atoms with Crippen LogP contribution in [0.4, 0.5) is 0 Å². The van der Waals surface area contributed by atoms with Crippen LogP contribution in [0, 0.1) is 28.1 Å².